The van der Waals surface area contributed by atoms with E-state index in [9.17, 15) is 14.4 Å². The Balaban J connectivity index is 1.50. The lowest BCUT2D eigenvalue weighted by Crippen LogP contribution is -2.62. The minimum Gasteiger partial charge on any atom is -0.351 e. The van der Waals surface area contributed by atoms with Gasteiger partial charge in [0.2, 0.25) is 17.7 Å². The van der Waals surface area contributed by atoms with Crippen LogP contribution in [0.1, 0.15) is 85.1 Å². The Morgan fingerprint density at radius 1 is 1.02 bits per heavy atom. The number of nitrogens with one attached hydrogen (secondary N) is 3. The SMILES string of the molecule is CC(C)N1CCN[C@H](C(=O)N[C@H](Cc2ccc(Cl)cc2)C(=O)N2CCC(C(=O)NC(C)(C)C)(C3CCCCC3)CC2)C1. The molecule has 3 N–H and O–H groups in total. The highest BCUT2D eigenvalue weighted by Gasteiger charge is 2.49. The average molecular weight is 602 g/mol. The Hall–Kier alpha value is -2.16. The van der Waals surface area contributed by atoms with E-state index in [1.807, 2.05) is 49.9 Å². The molecule has 0 radical (unpaired) electrons. The van der Waals surface area contributed by atoms with E-state index in [1.54, 1.807) is 0 Å². The van der Waals surface area contributed by atoms with Crippen molar-refractivity contribution in [3.63, 3.8) is 0 Å². The molecule has 3 amide bonds. The molecule has 0 spiro atoms. The summed E-state index contributed by atoms with van der Waals surface area (Å²) < 4.78 is 0. The summed E-state index contributed by atoms with van der Waals surface area (Å²) in [5, 5.41) is 10.4. The quantitative estimate of drug-likeness (QED) is 0.416. The standard InChI is InChI=1S/C33H52ClN5O3/c1-23(2)39-20-17-35-28(22-39)29(40)36-27(21-24-11-13-26(34)14-12-24)30(41)38-18-15-33(16-19-38,25-9-7-6-8-10-25)31(42)37-32(3,4)5/h11-14,23,25,27-28,35H,6-10,15-22H2,1-5H3,(H,36,40)(H,37,42)/t27-,28+/m1/s1. The van der Waals surface area contributed by atoms with Gasteiger partial charge in [-0.1, -0.05) is 43.0 Å². The first-order valence-corrected chi connectivity index (χ1v) is 16.4. The maximum atomic E-state index is 14.1. The number of hydrogen-bond acceptors (Lipinski definition) is 5. The molecule has 42 heavy (non-hydrogen) atoms. The first-order chi connectivity index (χ1) is 19.9. The lowest BCUT2D eigenvalue weighted by Gasteiger charge is -2.48. The molecular formula is C33H52ClN5O3. The summed E-state index contributed by atoms with van der Waals surface area (Å²) in [6, 6.07) is 6.74. The minimum absolute atomic E-state index is 0.0803. The fourth-order valence-electron chi connectivity index (χ4n) is 7.03. The molecule has 0 aromatic heterocycles. The van der Waals surface area contributed by atoms with Gasteiger partial charge >= 0.3 is 0 Å². The van der Waals surface area contributed by atoms with Crippen LogP contribution in [0.25, 0.3) is 0 Å². The largest absolute Gasteiger partial charge is 0.351 e. The van der Waals surface area contributed by atoms with Gasteiger partial charge in [-0.15, -0.1) is 0 Å². The predicted molar refractivity (Wildman–Crippen MR) is 168 cm³/mol. The highest BCUT2D eigenvalue weighted by Crippen LogP contribution is 2.46. The van der Waals surface area contributed by atoms with E-state index in [-0.39, 0.29) is 29.3 Å². The third kappa shape index (κ3) is 8.26. The topological polar surface area (TPSA) is 93.8 Å². The van der Waals surface area contributed by atoms with Crippen molar-refractivity contribution < 1.29 is 14.4 Å². The lowest BCUT2D eigenvalue weighted by molar-refractivity contribution is -0.147. The number of halogens is 1. The Kier molecular flexibility index (Phi) is 11.0. The average Bonchev–Trinajstić information content (AvgIpc) is 2.97. The summed E-state index contributed by atoms with van der Waals surface area (Å²) in [6.07, 6.45) is 7.39. The van der Waals surface area contributed by atoms with Gasteiger partial charge in [-0.2, -0.15) is 0 Å². The molecule has 1 aliphatic carbocycles. The summed E-state index contributed by atoms with van der Waals surface area (Å²) in [5.41, 5.74) is 0.181. The number of benzene rings is 1. The van der Waals surface area contributed by atoms with Crippen LogP contribution in [0, 0.1) is 11.3 Å². The number of amides is 3. The van der Waals surface area contributed by atoms with E-state index in [1.165, 1.54) is 6.42 Å². The maximum absolute atomic E-state index is 14.1. The predicted octanol–water partition coefficient (Wildman–Crippen LogP) is 4.15. The van der Waals surface area contributed by atoms with Crippen molar-refractivity contribution in [3.05, 3.63) is 34.9 Å². The molecule has 2 atom stereocenters. The molecule has 1 aromatic carbocycles. The van der Waals surface area contributed by atoms with Crippen molar-refractivity contribution in [2.24, 2.45) is 11.3 Å². The van der Waals surface area contributed by atoms with Crippen LogP contribution in [0.2, 0.25) is 5.02 Å². The van der Waals surface area contributed by atoms with Crippen molar-refractivity contribution in [2.75, 3.05) is 32.7 Å². The molecule has 2 aliphatic heterocycles. The zero-order valence-electron chi connectivity index (χ0n) is 26.3. The summed E-state index contributed by atoms with van der Waals surface area (Å²) in [7, 11) is 0. The van der Waals surface area contributed by atoms with Crippen molar-refractivity contribution in [1.29, 1.82) is 0 Å². The second kappa shape index (κ2) is 14.1. The maximum Gasteiger partial charge on any atom is 0.245 e. The van der Waals surface area contributed by atoms with E-state index in [0.29, 0.717) is 55.9 Å². The number of rotatable bonds is 8. The Labute approximate surface area is 257 Å². The van der Waals surface area contributed by atoms with Crippen LogP contribution in [-0.4, -0.2) is 83.9 Å². The fourth-order valence-corrected chi connectivity index (χ4v) is 7.16. The molecule has 1 aromatic rings. The minimum atomic E-state index is -0.694. The third-order valence-electron chi connectivity index (χ3n) is 9.52. The van der Waals surface area contributed by atoms with Gasteiger partial charge in [0.1, 0.15) is 6.04 Å². The second-order valence-corrected chi connectivity index (χ2v) is 14.4. The zero-order chi connectivity index (χ0) is 30.5. The summed E-state index contributed by atoms with van der Waals surface area (Å²) in [6.45, 7) is 13.6. The van der Waals surface area contributed by atoms with Gasteiger partial charge in [0, 0.05) is 55.7 Å². The fraction of sp³-hybridized carbons (Fsp3) is 0.727. The molecule has 3 fully saturated rings. The van der Waals surface area contributed by atoms with Gasteiger partial charge < -0.3 is 20.9 Å². The van der Waals surface area contributed by atoms with Crippen LogP contribution in [0.5, 0.6) is 0 Å². The van der Waals surface area contributed by atoms with Crippen LogP contribution in [0.3, 0.4) is 0 Å². The van der Waals surface area contributed by atoms with Crippen LogP contribution in [0.15, 0.2) is 24.3 Å². The van der Waals surface area contributed by atoms with Crippen molar-refractivity contribution in [1.82, 2.24) is 25.8 Å². The summed E-state index contributed by atoms with van der Waals surface area (Å²) >= 11 is 6.12. The Bertz CT molecular complexity index is 1070. The van der Waals surface area contributed by atoms with E-state index in [0.717, 1.165) is 44.3 Å². The number of piperazine rings is 1. The van der Waals surface area contributed by atoms with Gasteiger partial charge in [0.15, 0.2) is 0 Å². The molecule has 8 nitrogen and oxygen atoms in total. The van der Waals surface area contributed by atoms with Crippen LogP contribution in [0.4, 0.5) is 0 Å². The van der Waals surface area contributed by atoms with Gasteiger partial charge in [-0.05, 0) is 83.9 Å². The van der Waals surface area contributed by atoms with E-state index < -0.39 is 11.5 Å². The first-order valence-electron chi connectivity index (χ1n) is 16.0. The molecule has 3 aliphatic rings. The third-order valence-corrected chi connectivity index (χ3v) is 9.77. The van der Waals surface area contributed by atoms with Crippen LogP contribution < -0.4 is 16.0 Å². The van der Waals surface area contributed by atoms with Gasteiger partial charge in [-0.25, -0.2) is 0 Å². The number of carbonyl (C=O) groups excluding carboxylic acids is 3. The number of piperidine rings is 1. The normalized spacial score (nSPS) is 22.9. The van der Waals surface area contributed by atoms with Crippen molar-refractivity contribution >= 4 is 29.3 Å². The number of likely N-dealkylation sites (tertiary alicyclic amines) is 1. The molecule has 2 heterocycles. The number of carbonyl (C=O) groups is 3. The second-order valence-electron chi connectivity index (χ2n) is 14.0. The molecule has 234 valence electrons. The Morgan fingerprint density at radius 2 is 1.67 bits per heavy atom. The van der Waals surface area contributed by atoms with Crippen LogP contribution in [-0.2, 0) is 20.8 Å². The highest BCUT2D eigenvalue weighted by atomic mass is 35.5. The van der Waals surface area contributed by atoms with E-state index >= 15 is 0 Å². The lowest BCUT2D eigenvalue weighted by atomic mass is 9.63. The number of hydrogen-bond donors (Lipinski definition) is 3. The molecule has 4 rings (SSSR count). The van der Waals surface area contributed by atoms with Crippen molar-refractivity contribution in [2.45, 2.75) is 110 Å². The smallest absolute Gasteiger partial charge is 0.245 e. The van der Waals surface area contributed by atoms with Gasteiger partial charge in [0.05, 0.1) is 11.5 Å². The molecule has 9 heteroatoms. The van der Waals surface area contributed by atoms with Crippen molar-refractivity contribution in [3.8, 4) is 0 Å². The highest BCUT2D eigenvalue weighted by molar-refractivity contribution is 6.30. The summed E-state index contributed by atoms with van der Waals surface area (Å²) in [5.74, 6) is 0.254. The van der Waals surface area contributed by atoms with E-state index in [4.69, 9.17) is 11.6 Å². The zero-order valence-corrected chi connectivity index (χ0v) is 27.1. The number of nitrogens with zero attached hydrogens (tertiary/aromatic N) is 2. The molecule has 1 saturated carbocycles. The van der Waals surface area contributed by atoms with Gasteiger partial charge in [-0.3, -0.25) is 19.3 Å². The molecular weight excluding hydrogens is 550 g/mol. The molecule has 0 bridgehead atoms. The molecule has 0 unspecified atom stereocenters. The van der Waals surface area contributed by atoms with Crippen LogP contribution >= 0.6 is 11.6 Å². The van der Waals surface area contributed by atoms with E-state index in [2.05, 4.69) is 34.7 Å². The monoisotopic (exact) mass is 601 g/mol. The summed E-state index contributed by atoms with van der Waals surface area (Å²) in [4.78, 5) is 45.6. The first kappa shape index (κ1) is 32.7. The van der Waals surface area contributed by atoms with Gasteiger partial charge in [0.25, 0.3) is 0 Å². The molecule has 2 saturated heterocycles. The Morgan fingerprint density at radius 3 is 2.26 bits per heavy atom.